The number of hydrogen-bond acceptors (Lipinski definition) is 4. The molecule has 0 spiro atoms. The third-order valence-corrected chi connectivity index (χ3v) is 4.41. The summed E-state index contributed by atoms with van der Waals surface area (Å²) < 4.78 is 5.16. The van der Waals surface area contributed by atoms with Gasteiger partial charge in [-0.1, -0.05) is 17.7 Å². The molecule has 2 amide bonds. The minimum Gasteiger partial charge on any atom is -0.495 e. The van der Waals surface area contributed by atoms with Gasteiger partial charge in [-0.15, -0.1) is 11.3 Å². The first kappa shape index (κ1) is 16.6. The number of benzene rings is 1. The van der Waals surface area contributed by atoms with Crippen LogP contribution in [-0.4, -0.2) is 24.8 Å². The number of amides is 2. The van der Waals surface area contributed by atoms with Crippen molar-refractivity contribution in [2.75, 3.05) is 19.0 Å². The van der Waals surface area contributed by atoms with E-state index >= 15 is 0 Å². The number of thiophene rings is 1. The molecule has 5 nitrogen and oxygen atoms in total. The van der Waals surface area contributed by atoms with Gasteiger partial charge in [-0.05, 0) is 36.6 Å². The molecule has 1 heterocycles. The molecule has 0 radical (unpaired) electrons. The molecule has 0 fully saturated rings. The van der Waals surface area contributed by atoms with Crippen LogP contribution in [0.4, 0.5) is 10.5 Å². The largest absolute Gasteiger partial charge is 0.495 e. The molecule has 1 aromatic carbocycles. The maximum absolute atomic E-state index is 12.0. The van der Waals surface area contributed by atoms with Gasteiger partial charge in [-0.3, -0.25) is 0 Å². The van der Waals surface area contributed by atoms with E-state index in [2.05, 4.69) is 10.6 Å². The first-order valence-corrected chi connectivity index (χ1v) is 7.83. The Morgan fingerprint density at radius 3 is 2.86 bits per heavy atom. The molecule has 118 valence electrons. The van der Waals surface area contributed by atoms with Crippen molar-refractivity contribution in [2.24, 2.45) is 0 Å². The Kier molecular flexibility index (Phi) is 5.28. The molecule has 0 aliphatic carbocycles. The Morgan fingerprint density at radius 2 is 2.23 bits per heavy atom. The maximum Gasteiger partial charge on any atom is 0.319 e. The van der Waals surface area contributed by atoms with Gasteiger partial charge in [0.1, 0.15) is 11.4 Å². The predicted octanol–water partition coefficient (Wildman–Crippen LogP) is 3.44. The molecule has 3 N–H and O–H groups in total. The van der Waals surface area contributed by atoms with Gasteiger partial charge in [0.15, 0.2) is 0 Å². The van der Waals surface area contributed by atoms with Crippen LogP contribution in [-0.2, 0) is 5.60 Å². The lowest BCUT2D eigenvalue weighted by Crippen LogP contribution is -2.40. The normalized spacial score (nSPS) is 13.3. The first-order valence-electron chi connectivity index (χ1n) is 6.57. The van der Waals surface area contributed by atoms with Crippen molar-refractivity contribution in [3.63, 3.8) is 0 Å². The van der Waals surface area contributed by atoms with Crippen molar-refractivity contribution in [3.8, 4) is 5.75 Å². The summed E-state index contributed by atoms with van der Waals surface area (Å²) in [6, 6.07) is 8.16. The summed E-state index contributed by atoms with van der Waals surface area (Å²) in [4.78, 5) is 12.8. The van der Waals surface area contributed by atoms with E-state index in [0.717, 1.165) is 4.88 Å². The predicted molar refractivity (Wildman–Crippen MR) is 88.9 cm³/mol. The topological polar surface area (TPSA) is 70.6 Å². The molecule has 0 bridgehead atoms. The zero-order chi connectivity index (χ0) is 16.2. The van der Waals surface area contributed by atoms with Crippen molar-refractivity contribution in [2.45, 2.75) is 12.5 Å². The van der Waals surface area contributed by atoms with Gasteiger partial charge in [-0.25, -0.2) is 4.79 Å². The number of urea groups is 1. The molecule has 1 unspecified atom stereocenters. The van der Waals surface area contributed by atoms with Gasteiger partial charge < -0.3 is 20.5 Å². The van der Waals surface area contributed by atoms with Crippen molar-refractivity contribution in [3.05, 3.63) is 45.6 Å². The number of aliphatic hydroxyl groups is 1. The lowest BCUT2D eigenvalue weighted by Gasteiger charge is -2.22. The first-order chi connectivity index (χ1) is 10.4. The molecule has 2 aromatic rings. The van der Waals surface area contributed by atoms with E-state index in [1.807, 2.05) is 17.5 Å². The van der Waals surface area contributed by atoms with E-state index in [1.165, 1.54) is 18.4 Å². The summed E-state index contributed by atoms with van der Waals surface area (Å²) in [5, 5.41) is 18.0. The molecule has 2 rings (SSSR count). The highest BCUT2D eigenvalue weighted by atomic mass is 35.5. The van der Waals surface area contributed by atoms with E-state index in [4.69, 9.17) is 16.3 Å². The van der Waals surface area contributed by atoms with Gasteiger partial charge in [0.05, 0.1) is 19.3 Å². The summed E-state index contributed by atoms with van der Waals surface area (Å²) in [6.07, 6.45) is 0. The Morgan fingerprint density at radius 1 is 1.45 bits per heavy atom. The molecule has 22 heavy (non-hydrogen) atoms. The standard InChI is InChI=1S/C15H17ClN2O3S/c1-15(20,13-4-3-7-22-13)9-17-14(19)18-11-8-10(16)5-6-12(11)21-2/h3-8,20H,9H2,1-2H3,(H2,17,18,19). The third kappa shape index (κ3) is 4.13. The average molecular weight is 341 g/mol. The van der Waals surface area contributed by atoms with Crippen molar-refractivity contribution in [1.82, 2.24) is 5.32 Å². The lowest BCUT2D eigenvalue weighted by atomic mass is 10.1. The highest BCUT2D eigenvalue weighted by Gasteiger charge is 2.25. The molecular weight excluding hydrogens is 324 g/mol. The lowest BCUT2D eigenvalue weighted by molar-refractivity contribution is 0.0637. The SMILES string of the molecule is COc1ccc(Cl)cc1NC(=O)NCC(C)(O)c1cccs1. The number of carbonyl (C=O) groups is 1. The van der Waals surface area contributed by atoms with Gasteiger partial charge in [0.2, 0.25) is 0 Å². The van der Waals surface area contributed by atoms with Crippen LogP contribution in [0.15, 0.2) is 35.7 Å². The van der Waals surface area contributed by atoms with E-state index in [-0.39, 0.29) is 6.54 Å². The number of rotatable bonds is 5. The summed E-state index contributed by atoms with van der Waals surface area (Å²) in [5.41, 5.74) is -0.660. The smallest absolute Gasteiger partial charge is 0.319 e. The van der Waals surface area contributed by atoms with Crippen LogP contribution in [0, 0.1) is 0 Å². The monoisotopic (exact) mass is 340 g/mol. The summed E-state index contributed by atoms with van der Waals surface area (Å²) in [6.45, 7) is 1.74. The van der Waals surface area contributed by atoms with Gasteiger partial charge in [0.25, 0.3) is 0 Å². The van der Waals surface area contributed by atoms with E-state index in [0.29, 0.717) is 16.5 Å². The number of anilines is 1. The highest BCUT2D eigenvalue weighted by molar-refractivity contribution is 7.10. The van der Waals surface area contributed by atoms with Gasteiger partial charge in [0, 0.05) is 9.90 Å². The van der Waals surface area contributed by atoms with E-state index in [9.17, 15) is 9.90 Å². The number of carbonyl (C=O) groups excluding carboxylic acids is 1. The van der Waals surface area contributed by atoms with Crippen LogP contribution in [0.25, 0.3) is 0 Å². The number of methoxy groups -OCH3 is 1. The summed E-state index contributed by atoms with van der Waals surface area (Å²) in [7, 11) is 1.51. The molecule has 0 aliphatic rings. The van der Waals surface area contributed by atoms with Crippen LogP contribution >= 0.6 is 22.9 Å². The van der Waals surface area contributed by atoms with Crippen molar-refractivity contribution in [1.29, 1.82) is 0 Å². The number of halogens is 1. The average Bonchev–Trinajstić information content (AvgIpc) is 3.01. The minimum atomic E-state index is -1.12. The number of nitrogens with one attached hydrogen (secondary N) is 2. The summed E-state index contributed by atoms with van der Waals surface area (Å²) in [5.74, 6) is 0.504. The van der Waals surface area contributed by atoms with Crippen LogP contribution in [0.2, 0.25) is 5.02 Å². The second-order valence-corrected chi connectivity index (χ2v) is 6.29. The zero-order valence-corrected chi connectivity index (χ0v) is 13.8. The Bertz CT molecular complexity index is 644. The van der Waals surface area contributed by atoms with Crippen molar-refractivity contribution >= 4 is 34.7 Å². The van der Waals surface area contributed by atoms with Crippen molar-refractivity contribution < 1.29 is 14.6 Å². The highest BCUT2D eigenvalue weighted by Crippen LogP contribution is 2.28. The van der Waals surface area contributed by atoms with Crippen LogP contribution < -0.4 is 15.4 Å². The van der Waals surface area contributed by atoms with E-state index < -0.39 is 11.6 Å². The number of ether oxygens (including phenoxy) is 1. The van der Waals surface area contributed by atoms with Crippen LogP contribution in [0.3, 0.4) is 0 Å². The quantitative estimate of drug-likeness (QED) is 0.780. The molecular formula is C15H17ClN2O3S. The van der Waals surface area contributed by atoms with Gasteiger partial charge in [-0.2, -0.15) is 0 Å². The fourth-order valence-corrected chi connectivity index (χ4v) is 2.83. The third-order valence-electron chi connectivity index (χ3n) is 3.05. The second-order valence-electron chi connectivity index (χ2n) is 4.90. The Balaban J connectivity index is 1.98. The fourth-order valence-electron chi connectivity index (χ4n) is 1.87. The summed E-state index contributed by atoms with van der Waals surface area (Å²) >= 11 is 7.34. The molecule has 0 saturated heterocycles. The molecule has 1 atom stereocenters. The van der Waals surface area contributed by atoms with Gasteiger partial charge >= 0.3 is 6.03 Å². The molecule has 1 aromatic heterocycles. The minimum absolute atomic E-state index is 0.0855. The maximum atomic E-state index is 12.0. The number of hydrogen-bond donors (Lipinski definition) is 3. The second kappa shape index (κ2) is 7.00. The van der Waals surface area contributed by atoms with E-state index in [1.54, 1.807) is 25.1 Å². The van der Waals surface area contributed by atoms with Crippen LogP contribution in [0.5, 0.6) is 5.75 Å². The molecule has 7 heteroatoms. The Labute approximate surface area is 137 Å². The van der Waals surface area contributed by atoms with Crippen LogP contribution in [0.1, 0.15) is 11.8 Å². The molecule has 0 aliphatic heterocycles. The fraction of sp³-hybridized carbons (Fsp3) is 0.267. The molecule has 0 saturated carbocycles. The zero-order valence-electron chi connectivity index (χ0n) is 12.2. The Hall–Kier alpha value is -1.76.